The van der Waals surface area contributed by atoms with Crippen molar-refractivity contribution in [2.45, 2.75) is 30.1 Å². The number of anilines is 2. The standard InChI is InChI=1S/C15H13NO2S.C2H6/c17-15(18)9-10-16-11-5-1-3-7-13(11)19-14-8-4-2-6-12(14)16;1-2/h1-8H,9-10H2,(H,17,18);1-2H3. The van der Waals surface area contributed by atoms with Gasteiger partial charge in [-0.15, -0.1) is 0 Å². The summed E-state index contributed by atoms with van der Waals surface area (Å²) in [5.74, 6) is -0.770. The number of aliphatic carboxylic acids is 1. The molecule has 21 heavy (non-hydrogen) atoms. The van der Waals surface area contributed by atoms with Crippen molar-refractivity contribution in [2.75, 3.05) is 11.4 Å². The van der Waals surface area contributed by atoms with Crippen LogP contribution in [0.25, 0.3) is 0 Å². The van der Waals surface area contributed by atoms with E-state index in [0.29, 0.717) is 6.54 Å². The lowest BCUT2D eigenvalue weighted by atomic mass is 10.2. The minimum atomic E-state index is -0.770. The molecule has 3 rings (SSSR count). The van der Waals surface area contributed by atoms with Crippen LogP contribution in [-0.2, 0) is 4.79 Å². The smallest absolute Gasteiger partial charge is 0.305 e. The van der Waals surface area contributed by atoms with E-state index in [4.69, 9.17) is 5.11 Å². The van der Waals surface area contributed by atoms with Crippen LogP contribution in [-0.4, -0.2) is 17.6 Å². The summed E-state index contributed by atoms with van der Waals surface area (Å²) < 4.78 is 0. The van der Waals surface area contributed by atoms with E-state index >= 15 is 0 Å². The molecule has 0 aliphatic carbocycles. The number of para-hydroxylation sites is 2. The first-order chi connectivity index (χ1) is 10.3. The first kappa shape index (κ1) is 15.4. The van der Waals surface area contributed by atoms with Crippen molar-refractivity contribution in [3.63, 3.8) is 0 Å². The fourth-order valence-corrected chi connectivity index (χ4v) is 3.33. The van der Waals surface area contributed by atoms with Crippen LogP contribution >= 0.6 is 11.8 Å². The van der Waals surface area contributed by atoms with Crippen molar-refractivity contribution in [1.82, 2.24) is 0 Å². The van der Waals surface area contributed by atoms with Crippen LogP contribution < -0.4 is 4.90 Å². The Bertz CT molecular complexity index is 582. The van der Waals surface area contributed by atoms with Gasteiger partial charge in [-0.1, -0.05) is 49.9 Å². The molecule has 4 heteroatoms. The SMILES string of the molecule is CC.O=C(O)CCN1c2ccccc2Sc2ccccc21. The summed E-state index contributed by atoms with van der Waals surface area (Å²) >= 11 is 1.73. The average molecular weight is 301 g/mol. The lowest BCUT2D eigenvalue weighted by Crippen LogP contribution is -2.23. The third-order valence-electron chi connectivity index (χ3n) is 3.08. The Morgan fingerprint density at radius 1 is 1.00 bits per heavy atom. The van der Waals surface area contributed by atoms with Crippen LogP contribution in [0.15, 0.2) is 58.3 Å². The number of rotatable bonds is 3. The van der Waals surface area contributed by atoms with Gasteiger partial charge in [-0.3, -0.25) is 4.79 Å². The van der Waals surface area contributed by atoms with Crippen molar-refractivity contribution >= 4 is 29.1 Å². The minimum absolute atomic E-state index is 0.132. The second-order valence-corrected chi connectivity index (χ2v) is 5.42. The highest BCUT2D eigenvalue weighted by molar-refractivity contribution is 7.99. The summed E-state index contributed by atoms with van der Waals surface area (Å²) in [5.41, 5.74) is 2.18. The predicted octanol–water partition coefficient (Wildman–Crippen LogP) is 4.79. The molecule has 0 amide bonds. The number of nitrogens with zero attached hydrogens (tertiary/aromatic N) is 1. The largest absolute Gasteiger partial charge is 0.481 e. The molecule has 1 aliphatic heterocycles. The van der Waals surface area contributed by atoms with E-state index in [9.17, 15) is 4.79 Å². The van der Waals surface area contributed by atoms with Crippen molar-refractivity contribution in [1.29, 1.82) is 0 Å². The molecule has 0 unspecified atom stereocenters. The summed E-state index contributed by atoms with van der Waals surface area (Å²) in [5, 5.41) is 8.91. The maximum absolute atomic E-state index is 10.8. The van der Waals surface area contributed by atoms with Gasteiger partial charge in [-0.25, -0.2) is 0 Å². The van der Waals surface area contributed by atoms with Crippen molar-refractivity contribution in [2.24, 2.45) is 0 Å². The second-order valence-electron chi connectivity index (χ2n) is 4.33. The van der Waals surface area contributed by atoms with E-state index in [1.807, 2.05) is 50.2 Å². The van der Waals surface area contributed by atoms with Crippen molar-refractivity contribution in [3.8, 4) is 0 Å². The molecule has 0 fully saturated rings. The summed E-state index contributed by atoms with van der Waals surface area (Å²) in [6.07, 6.45) is 0.132. The number of fused-ring (bicyclic) bond motifs is 2. The third-order valence-corrected chi connectivity index (χ3v) is 4.21. The molecule has 0 radical (unpaired) electrons. The second kappa shape index (κ2) is 7.18. The Hall–Kier alpha value is -1.94. The Morgan fingerprint density at radius 3 is 1.95 bits per heavy atom. The van der Waals surface area contributed by atoms with E-state index in [1.165, 1.54) is 9.79 Å². The van der Waals surface area contributed by atoms with Crippen LogP contribution in [0.4, 0.5) is 11.4 Å². The molecule has 0 bridgehead atoms. The molecule has 2 aromatic rings. The number of carboxylic acids is 1. The van der Waals surface area contributed by atoms with E-state index < -0.39 is 5.97 Å². The maximum atomic E-state index is 10.8. The average Bonchev–Trinajstić information content (AvgIpc) is 2.53. The summed E-state index contributed by atoms with van der Waals surface area (Å²) in [6, 6.07) is 16.2. The lowest BCUT2D eigenvalue weighted by Gasteiger charge is -2.32. The Kier molecular flexibility index (Phi) is 5.28. The van der Waals surface area contributed by atoms with Gasteiger partial charge in [0.25, 0.3) is 0 Å². The first-order valence-corrected chi connectivity index (χ1v) is 7.92. The van der Waals surface area contributed by atoms with Gasteiger partial charge in [0.2, 0.25) is 0 Å². The van der Waals surface area contributed by atoms with E-state index in [0.717, 1.165) is 11.4 Å². The molecule has 110 valence electrons. The van der Waals surface area contributed by atoms with Gasteiger partial charge in [-0.2, -0.15) is 0 Å². The molecule has 1 heterocycles. The van der Waals surface area contributed by atoms with Crippen LogP contribution in [0.1, 0.15) is 20.3 Å². The topological polar surface area (TPSA) is 40.5 Å². The van der Waals surface area contributed by atoms with Gasteiger partial charge in [-0.05, 0) is 24.3 Å². The zero-order valence-corrected chi connectivity index (χ0v) is 13.1. The van der Waals surface area contributed by atoms with Crippen molar-refractivity contribution in [3.05, 3.63) is 48.5 Å². The molecular weight excluding hydrogens is 282 g/mol. The van der Waals surface area contributed by atoms with Crippen LogP contribution in [0.5, 0.6) is 0 Å². The predicted molar refractivity (Wildman–Crippen MR) is 87.6 cm³/mol. The Morgan fingerprint density at radius 2 is 1.48 bits per heavy atom. The Labute approximate surface area is 129 Å². The molecule has 0 spiro atoms. The summed E-state index contributed by atoms with van der Waals surface area (Å²) in [7, 11) is 0. The summed E-state index contributed by atoms with van der Waals surface area (Å²) in [4.78, 5) is 15.3. The fourth-order valence-electron chi connectivity index (χ4n) is 2.23. The van der Waals surface area contributed by atoms with Crippen LogP contribution in [0, 0.1) is 0 Å². The third kappa shape index (κ3) is 3.39. The molecule has 3 nitrogen and oxygen atoms in total. The maximum Gasteiger partial charge on any atom is 0.305 e. The quantitative estimate of drug-likeness (QED) is 0.885. The monoisotopic (exact) mass is 301 g/mol. The number of hydrogen-bond acceptors (Lipinski definition) is 3. The van der Waals surface area contributed by atoms with Gasteiger partial charge in [0, 0.05) is 16.3 Å². The van der Waals surface area contributed by atoms with Gasteiger partial charge in [0.05, 0.1) is 17.8 Å². The molecule has 2 aromatic carbocycles. The first-order valence-electron chi connectivity index (χ1n) is 7.11. The minimum Gasteiger partial charge on any atom is -0.481 e. The van der Waals surface area contributed by atoms with Gasteiger partial charge in [0.1, 0.15) is 0 Å². The number of carbonyl (C=O) groups is 1. The number of carboxylic acid groups (broad SMARTS) is 1. The fraction of sp³-hybridized carbons (Fsp3) is 0.235. The molecule has 1 N–H and O–H groups in total. The summed E-state index contributed by atoms with van der Waals surface area (Å²) in [6.45, 7) is 4.49. The zero-order chi connectivity index (χ0) is 15.2. The highest BCUT2D eigenvalue weighted by Gasteiger charge is 2.22. The number of hydrogen-bond donors (Lipinski definition) is 1. The lowest BCUT2D eigenvalue weighted by molar-refractivity contribution is -0.136. The van der Waals surface area contributed by atoms with Crippen molar-refractivity contribution < 1.29 is 9.90 Å². The highest BCUT2D eigenvalue weighted by Crippen LogP contribution is 2.47. The van der Waals surface area contributed by atoms with E-state index in [2.05, 4.69) is 17.0 Å². The highest BCUT2D eigenvalue weighted by atomic mass is 32.2. The molecule has 0 atom stereocenters. The molecular formula is C17H19NO2S. The Balaban J connectivity index is 0.000000774. The molecule has 0 saturated carbocycles. The van der Waals surface area contributed by atoms with Gasteiger partial charge in [0.15, 0.2) is 0 Å². The number of benzene rings is 2. The molecule has 0 aromatic heterocycles. The van der Waals surface area contributed by atoms with E-state index in [1.54, 1.807) is 11.8 Å². The zero-order valence-electron chi connectivity index (χ0n) is 12.2. The molecule has 0 saturated heterocycles. The molecule has 1 aliphatic rings. The van der Waals surface area contributed by atoms with Gasteiger partial charge < -0.3 is 10.0 Å². The van der Waals surface area contributed by atoms with E-state index in [-0.39, 0.29) is 6.42 Å². The van der Waals surface area contributed by atoms with Gasteiger partial charge >= 0.3 is 5.97 Å². The van der Waals surface area contributed by atoms with Crippen LogP contribution in [0.3, 0.4) is 0 Å². The normalized spacial score (nSPS) is 11.8. The van der Waals surface area contributed by atoms with Crippen LogP contribution in [0.2, 0.25) is 0 Å².